The third kappa shape index (κ3) is 2.76. The summed E-state index contributed by atoms with van der Waals surface area (Å²) in [7, 11) is 1.25. The van der Waals surface area contributed by atoms with Crippen LogP contribution in [0.15, 0.2) is 48.6 Å². The summed E-state index contributed by atoms with van der Waals surface area (Å²) in [5, 5.41) is 3.24. The monoisotopic (exact) mass is 260 g/mol. The standard InChI is InChI=1S/C15H21N2P/c1-11-10-17(13(3)16-12(11)2)15-6-5-14(9-15)7-8-18-4/h5-6,10,14-16H,2-4,7-9H2,1H3. The van der Waals surface area contributed by atoms with Crippen molar-refractivity contribution in [1.29, 1.82) is 0 Å². The summed E-state index contributed by atoms with van der Waals surface area (Å²) in [6.45, 7) is 10.1. The van der Waals surface area contributed by atoms with E-state index in [-0.39, 0.29) is 0 Å². The van der Waals surface area contributed by atoms with Gasteiger partial charge in [0.15, 0.2) is 0 Å². The van der Waals surface area contributed by atoms with E-state index in [0.29, 0.717) is 12.0 Å². The Labute approximate surface area is 112 Å². The van der Waals surface area contributed by atoms with Crippen molar-refractivity contribution in [2.45, 2.75) is 25.8 Å². The predicted molar refractivity (Wildman–Crippen MR) is 81.6 cm³/mol. The average Bonchev–Trinajstić information content (AvgIpc) is 2.79. The summed E-state index contributed by atoms with van der Waals surface area (Å²) >= 11 is 0. The van der Waals surface area contributed by atoms with Crippen molar-refractivity contribution < 1.29 is 0 Å². The van der Waals surface area contributed by atoms with Crippen molar-refractivity contribution >= 4 is 14.5 Å². The van der Waals surface area contributed by atoms with Crippen molar-refractivity contribution in [3.63, 3.8) is 0 Å². The number of rotatable bonds is 4. The molecular weight excluding hydrogens is 239 g/mol. The molecule has 0 aromatic carbocycles. The van der Waals surface area contributed by atoms with Gasteiger partial charge in [-0.05, 0) is 37.4 Å². The molecule has 2 aliphatic rings. The minimum Gasteiger partial charge on any atom is -0.342 e. The molecule has 18 heavy (non-hydrogen) atoms. The van der Waals surface area contributed by atoms with E-state index in [1.807, 2.05) is 0 Å². The van der Waals surface area contributed by atoms with Crippen LogP contribution in [0.2, 0.25) is 0 Å². The van der Waals surface area contributed by atoms with Crippen LogP contribution >= 0.6 is 8.20 Å². The zero-order valence-corrected chi connectivity index (χ0v) is 11.9. The molecule has 1 aliphatic carbocycles. The highest BCUT2D eigenvalue weighted by Gasteiger charge is 2.26. The third-order valence-electron chi connectivity index (χ3n) is 3.58. The van der Waals surface area contributed by atoms with Crippen LogP contribution in [0.3, 0.4) is 0 Å². The minimum atomic E-state index is 0.430. The molecule has 0 amide bonds. The van der Waals surface area contributed by atoms with Gasteiger partial charge in [0, 0.05) is 11.9 Å². The first kappa shape index (κ1) is 13.2. The molecule has 2 nitrogen and oxygen atoms in total. The Kier molecular flexibility index (Phi) is 4.08. The largest absolute Gasteiger partial charge is 0.342 e. The molecule has 0 fully saturated rings. The molecule has 1 N–H and O–H groups in total. The lowest BCUT2D eigenvalue weighted by Gasteiger charge is -2.34. The van der Waals surface area contributed by atoms with Crippen LogP contribution in [0, 0.1) is 5.92 Å². The maximum Gasteiger partial charge on any atom is 0.103 e. The molecule has 96 valence electrons. The lowest BCUT2D eigenvalue weighted by molar-refractivity contribution is 0.337. The van der Waals surface area contributed by atoms with Crippen LogP contribution in [0.1, 0.15) is 19.8 Å². The molecule has 2 rings (SSSR count). The Morgan fingerprint density at radius 1 is 1.44 bits per heavy atom. The van der Waals surface area contributed by atoms with Gasteiger partial charge in [-0.3, -0.25) is 0 Å². The molecular formula is C15H21N2P. The number of allylic oxidation sites excluding steroid dienone is 2. The van der Waals surface area contributed by atoms with Gasteiger partial charge in [0.05, 0.1) is 6.04 Å². The van der Waals surface area contributed by atoms with Crippen LogP contribution in [0.25, 0.3) is 0 Å². The zero-order valence-electron chi connectivity index (χ0n) is 11.0. The highest BCUT2D eigenvalue weighted by atomic mass is 31.1. The number of hydrogen-bond acceptors (Lipinski definition) is 2. The van der Waals surface area contributed by atoms with Gasteiger partial charge in [-0.15, -0.1) is 8.20 Å². The van der Waals surface area contributed by atoms with Crippen LogP contribution in [0.4, 0.5) is 0 Å². The summed E-state index contributed by atoms with van der Waals surface area (Å²) in [5.74, 6) is 1.62. The molecule has 1 aliphatic heterocycles. The second-order valence-electron chi connectivity index (χ2n) is 4.95. The highest BCUT2D eigenvalue weighted by molar-refractivity contribution is 7.36. The lowest BCUT2D eigenvalue weighted by atomic mass is 10.0. The molecule has 0 spiro atoms. The maximum absolute atomic E-state index is 4.08. The molecule has 1 heterocycles. The second kappa shape index (κ2) is 5.58. The molecule has 0 aromatic rings. The van der Waals surface area contributed by atoms with Crippen molar-refractivity contribution in [1.82, 2.24) is 10.2 Å². The SMILES string of the molecule is C=PCCC1C=CC(N2C=C(C)C(=C)NC2=C)C1. The Morgan fingerprint density at radius 2 is 2.22 bits per heavy atom. The zero-order chi connectivity index (χ0) is 13.1. The fourth-order valence-corrected chi connectivity index (χ4v) is 2.94. The summed E-state index contributed by atoms with van der Waals surface area (Å²) in [5.41, 5.74) is 2.13. The summed E-state index contributed by atoms with van der Waals surface area (Å²) < 4.78 is 0. The summed E-state index contributed by atoms with van der Waals surface area (Å²) in [4.78, 5) is 2.22. The van der Waals surface area contributed by atoms with E-state index < -0.39 is 0 Å². The van der Waals surface area contributed by atoms with Crippen molar-refractivity contribution in [3.05, 3.63) is 48.6 Å². The molecule has 2 unspecified atom stereocenters. The average molecular weight is 260 g/mol. The van der Waals surface area contributed by atoms with Crippen molar-refractivity contribution in [2.24, 2.45) is 5.92 Å². The number of nitrogens with zero attached hydrogens (tertiary/aromatic N) is 1. The van der Waals surface area contributed by atoms with Gasteiger partial charge in [0.2, 0.25) is 0 Å². The Morgan fingerprint density at radius 3 is 2.94 bits per heavy atom. The molecule has 2 atom stereocenters. The van der Waals surface area contributed by atoms with E-state index in [2.05, 4.69) is 54.9 Å². The first-order valence-electron chi connectivity index (χ1n) is 6.34. The van der Waals surface area contributed by atoms with Gasteiger partial charge in [-0.2, -0.15) is 0 Å². The molecule has 0 saturated heterocycles. The van der Waals surface area contributed by atoms with E-state index in [1.165, 1.54) is 32.8 Å². The molecule has 0 radical (unpaired) electrons. The van der Waals surface area contributed by atoms with Crippen molar-refractivity contribution in [3.8, 4) is 0 Å². The quantitative estimate of drug-likeness (QED) is 0.615. The fraction of sp³-hybridized carbons (Fsp3) is 0.400. The second-order valence-corrected chi connectivity index (χ2v) is 5.85. The number of nitrogens with one attached hydrogen (secondary N) is 1. The summed E-state index contributed by atoms with van der Waals surface area (Å²) in [6, 6.07) is 0.430. The van der Waals surface area contributed by atoms with Crippen LogP contribution in [-0.4, -0.2) is 23.4 Å². The van der Waals surface area contributed by atoms with Gasteiger partial charge in [0.25, 0.3) is 0 Å². The highest BCUT2D eigenvalue weighted by Crippen LogP contribution is 2.30. The Balaban J connectivity index is 2.01. The summed E-state index contributed by atoms with van der Waals surface area (Å²) in [6.07, 6.45) is 14.3. The normalized spacial score (nSPS) is 27.6. The van der Waals surface area contributed by atoms with Gasteiger partial charge in [-0.25, -0.2) is 0 Å². The first-order valence-corrected chi connectivity index (χ1v) is 7.61. The predicted octanol–water partition coefficient (Wildman–Crippen LogP) is 3.49. The smallest absolute Gasteiger partial charge is 0.103 e. The lowest BCUT2D eigenvalue weighted by Crippen LogP contribution is -2.37. The molecule has 0 aromatic heterocycles. The van der Waals surface area contributed by atoms with Crippen LogP contribution < -0.4 is 5.32 Å². The fourth-order valence-electron chi connectivity index (χ4n) is 2.43. The van der Waals surface area contributed by atoms with E-state index >= 15 is 0 Å². The first-order chi connectivity index (χ1) is 8.61. The Hall–Kier alpha value is -1.27. The van der Waals surface area contributed by atoms with Crippen LogP contribution in [0.5, 0.6) is 0 Å². The van der Waals surface area contributed by atoms with E-state index in [9.17, 15) is 0 Å². The van der Waals surface area contributed by atoms with E-state index in [4.69, 9.17) is 0 Å². The molecule has 0 bridgehead atoms. The molecule has 3 heteroatoms. The Bertz CT molecular complexity index is 434. The van der Waals surface area contributed by atoms with Crippen LogP contribution in [-0.2, 0) is 0 Å². The topological polar surface area (TPSA) is 15.3 Å². The van der Waals surface area contributed by atoms with Gasteiger partial charge in [-0.1, -0.05) is 31.6 Å². The van der Waals surface area contributed by atoms with Crippen molar-refractivity contribution in [2.75, 3.05) is 6.16 Å². The third-order valence-corrected chi connectivity index (χ3v) is 4.15. The minimum absolute atomic E-state index is 0.430. The van der Waals surface area contributed by atoms with Gasteiger partial charge >= 0.3 is 0 Å². The number of hydrogen-bond donors (Lipinski definition) is 1. The molecule has 0 saturated carbocycles. The van der Waals surface area contributed by atoms with Gasteiger partial charge in [0.1, 0.15) is 5.82 Å². The maximum atomic E-state index is 4.08. The van der Waals surface area contributed by atoms with Gasteiger partial charge < -0.3 is 10.2 Å². The van der Waals surface area contributed by atoms with E-state index in [1.54, 1.807) is 0 Å². The van der Waals surface area contributed by atoms with E-state index in [0.717, 1.165) is 11.5 Å².